The van der Waals surface area contributed by atoms with Crippen molar-refractivity contribution in [3.63, 3.8) is 0 Å². The fourth-order valence-electron chi connectivity index (χ4n) is 8.17. The molecule has 1 aliphatic heterocycles. The van der Waals surface area contributed by atoms with E-state index in [1.54, 1.807) is 17.3 Å². The van der Waals surface area contributed by atoms with Gasteiger partial charge in [-0.2, -0.15) is 4.98 Å². The Kier molecular flexibility index (Phi) is 13.6. The van der Waals surface area contributed by atoms with Crippen LogP contribution in [0.4, 0.5) is 39.9 Å². The Hall–Kier alpha value is -5.99. The predicted molar refractivity (Wildman–Crippen MR) is 249 cm³/mol. The highest BCUT2D eigenvalue weighted by atomic mass is 35.5. The van der Waals surface area contributed by atoms with E-state index < -0.39 is 0 Å². The number of piperazine rings is 1. The van der Waals surface area contributed by atoms with Crippen LogP contribution in [0.25, 0.3) is 11.0 Å². The van der Waals surface area contributed by atoms with Crippen molar-refractivity contribution in [2.24, 2.45) is 5.84 Å². The average Bonchev–Trinajstić information content (AvgIpc) is 4.07. The minimum atomic E-state index is -0.296. The molecule has 63 heavy (non-hydrogen) atoms. The van der Waals surface area contributed by atoms with Crippen molar-refractivity contribution in [2.75, 3.05) is 78.6 Å². The molecule has 2 aliphatic rings. The number of anilines is 7. The number of thiazole rings is 1. The summed E-state index contributed by atoms with van der Waals surface area (Å²) in [4.78, 5) is 60.3. The molecule has 6 aromatic rings. The van der Waals surface area contributed by atoms with Gasteiger partial charge in [0.05, 0.1) is 28.8 Å². The van der Waals surface area contributed by atoms with Crippen LogP contribution in [0.15, 0.2) is 61.1 Å². The minimum absolute atomic E-state index is 0.0931. The van der Waals surface area contributed by atoms with Gasteiger partial charge in [0.2, 0.25) is 5.95 Å². The van der Waals surface area contributed by atoms with Crippen LogP contribution in [0, 0.1) is 13.8 Å². The maximum absolute atomic E-state index is 14.4. The lowest BCUT2D eigenvalue weighted by atomic mass is 10.2. The number of para-hydroxylation sites is 1. The van der Waals surface area contributed by atoms with E-state index in [4.69, 9.17) is 27.4 Å². The van der Waals surface area contributed by atoms with E-state index >= 15 is 0 Å². The first kappa shape index (κ1) is 43.7. The first-order valence-electron chi connectivity index (χ1n) is 21.3. The molecular weight excluding hydrogens is 840 g/mol. The van der Waals surface area contributed by atoms with Crippen molar-refractivity contribution in [1.29, 1.82) is 0 Å². The standard InChI is InChI=1S/C43H53ClN16O2S/c1-5-16-57(17-15-49-45)31-13-14-35(46-25-31)52-42-47-24-29-22-33(60(39(29)55-42)30-10-6-7-11-30)41(62)56(4)59-20-18-58(19-21-59)37-23-36(50-28(3)51-37)53-43-48-26-34(63-43)40(61)54-38-27(2)9-8-12-32(38)44/h8-9,12-14,22-26,30,49H,5-7,10-11,15-21,45H2,1-4H3,(H,54,61)(H,46,47,52,55)(H,48,50,51,53). The predicted octanol–water partition coefficient (Wildman–Crippen LogP) is 6.69. The largest absolute Gasteiger partial charge is 0.369 e. The van der Waals surface area contributed by atoms with Gasteiger partial charge in [-0.05, 0) is 62.9 Å². The summed E-state index contributed by atoms with van der Waals surface area (Å²) in [6, 6.07) is 13.4. The lowest BCUT2D eigenvalue weighted by molar-refractivity contribution is 0.00158. The minimum Gasteiger partial charge on any atom is -0.369 e. The Balaban J connectivity index is 0.922. The molecule has 2 fully saturated rings. The second kappa shape index (κ2) is 19.6. The fraction of sp³-hybridized carbons (Fsp3) is 0.395. The molecule has 1 aromatic carbocycles. The topological polar surface area (TPSA) is 204 Å². The summed E-state index contributed by atoms with van der Waals surface area (Å²) in [5, 5.41) is 15.1. The molecule has 330 valence electrons. The zero-order chi connectivity index (χ0) is 44.0. The van der Waals surface area contributed by atoms with Gasteiger partial charge < -0.3 is 30.3 Å². The highest BCUT2D eigenvalue weighted by Crippen LogP contribution is 2.36. The first-order valence-corrected chi connectivity index (χ1v) is 22.5. The Morgan fingerprint density at radius 2 is 1.73 bits per heavy atom. The van der Waals surface area contributed by atoms with E-state index in [1.165, 1.54) is 17.5 Å². The molecule has 6 N–H and O–H groups in total. The van der Waals surface area contributed by atoms with Crippen LogP contribution in [-0.4, -0.2) is 109 Å². The molecular formula is C43H53ClN16O2S. The number of hydrazine groups is 2. The molecule has 5 aromatic heterocycles. The molecule has 6 heterocycles. The lowest BCUT2D eigenvalue weighted by Gasteiger charge is -2.40. The maximum atomic E-state index is 14.4. The number of hydrogen-bond donors (Lipinski definition) is 5. The van der Waals surface area contributed by atoms with Gasteiger partial charge in [-0.25, -0.2) is 29.9 Å². The normalized spacial score (nSPS) is 14.6. The van der Waals surface area contributed by atoms with Crippen LogP contribution < -0.4 is 37.0 Å². The number of aromatic nitrogens is 7. The number of aryl methyl sites for hydroxylation is 2. The van der Waals surface area contributed by atoms with Crippen molar-refractivity contribution in [3.8, 4) is 0 Å². The summed E-state index contributed by atoms with van der Waals surface area (Å²) in [7, 11) is 1.84. The molecule has 2 amide bonds. The molecule has 0 unspecified atom stereocenters. The van der Waals surface area contributed by atoms with E-state index in [1.807, 2.05) is 63.5 Å². The SMILES string of the molecule is CCCN(CCNN)c1ccc(Nc2ncc3cc(C(=O)N(C)N4CCN(c5cc(Nc6ncc(C(=O)Nc7c(C)cccc7Cl)s6)nc(C)n5)CC4)n(C4CCCC4)c3n2)nc1. The number of pyridine rings is 1. The Bertz CT molecular complexity index is 2530. The smallest absolute Gasteiger partial charge is 0.284 e. The van der Waals surface area contributed by atoms with Crippen molar-refractivity contribution in [2.45, 2.75) is 58.9 Å². The first-order chi connectivity index (χ1) is 30.6. The second-order valence-electron chi connectivity index (χ2n) is 15.7. The van der Waals surface area contributed by atoms with Crippen molar-refractivity contribution < 1.29 is 9.59 Å². The number of benzene rings is 1. The van der Waals surface area contributed by atoms with E-state index in [0.717, 1.165) is 73.3 Å². The third-order valence-corrected chi connectivity index (χ3v) is 12.6. The number of hydrogen-bond acceptors (Lipinski definition) is 16. The number of rotatable bonds is 16. The van der Waals surface area contributed by atoms with E-state index in [2.05, 4.69) is 67.6 Å². The van der Waals surface area contributed by atoms with Crippen LogP contribution in [0.2, 0.25) is 5.02 Å². The van der Waals surface area contributed by atoms with E-state index in [0.29, 0.717) is 82.5 Å². The van der Waals surface area contributed by atoms with Gasteiger partial charge in [0.1, 0.15) is 39.5 Å². The molecule has 1 saturated carbocycles. The number of carbonyl (C=O) groups excluding carboxylic acids is 2. The summed E-state index contributed by atoms with van der Waals surface area (Å²) in [5.41, 5.74) is 6.52. The van der Waals surface area contributed by atoms with Gasteiger partial charge in [0.25, 0.3) is 11.8 Å². The Morgan fingerprint density at radius 3 is 2.46 bits per heavy atom. The molecule has 0 bridgehead atoms. The van der Waals surface area contributed by atoms with Gasteiger partial charge >= 0.3 is 0 Å². The molecule has 0 radical (unpaired) electrons. The summed E-state index contributed by atoms with van der Waals surface area (Å²) >= 11 is 7.55. The monoisotopic (exact) mass is 892 g/mol. The average molecular weight is 894 g/mol. The van der Waals surface area contributed by atoms with Crippen LogP contribution in [0.5, 0.6) is 0 Å². The number of nitrogens with two attached hydrogens (primary N) is 1. The molecule has 18 nitrogen and oxygen atoms in total. The number of amides is 2. The zero-order valence-corrected chi connectivity index (χ0v) is 37.5. The molecule has 1 saturated heterocycles. The Labute approximate surface area is 375 Å². The number of carbonyl (C=O) groups is 2. The van der Waals surface area contributed by atoms with Crippen molar-refractivity contribution in [3.05, 3.63) is 88.0 Å². The van der Waals surface area contributed by atoms with Crippen LogP contribution >= 0.6 is 22.9 Å². The number of halogens is 1. The molecule has 8 rings (SSSR count). The molecule has 0 spiro atoms. The zero-order valence-electron chi connectivity index (χ0n) is 35.9. The van der Waals surface area contributed by atoms with E-state index in [9.17, 15) is 9.59 Å². The van der Waals surface area contributed by atoms with Crippen molar-refractivity contribution in [1.82, 2.24) is 49.9 Å². The number of fused-ring (bicyclic) bond motifs is 1. The highest BCUT2D eigenvalue weighted by Gasteiger charge is 2.31. The summed E-state index contributed by atoms with van der Waals surface area (Å²) in [5.74, 6) is 8.11. The fourth-order valence-corrected chi connectivity index (χ4v) is 9.16. The maximum Gasteiger partial charge on any atom is 0.284 e. The summed E-state index contributed by atoms with van der Waals surface area (Å²) in [6.07, 6.45) is 10.3. The molecule has 20 heteroatoms. The van der Waals surface area contributed by atoms with Crippen molar-refractivity contribution >= 4 is 85.7 Å². The Morgan fingerprint density at radius 1 is 0.921 bits per heavy atom. The quantitative estimate of drug-likeness (QED) is 0.0508. The van der Waals surface area contributed by atoms with Crippen LogP contribution in [0.1, 0.15) is 76.6 Å². The summed E-state index contributed by atoms with van der Waals surface area (Å²) in [6.45, 7) is 10.7. The third kappa shape index (κ3) is 9.97. The van der Waals surface area contributed by atoms with Crippen LogP contribution in [0.3, 0.4) is 0 Å². The van der Waals surface area contributed by atoms with Gasteiger partial charge in [-0.3, -0.25) is 25.9 Å². The lowest BCUT2D eigenvalue weighted by Crippen LogP contribution is -2.54. The molecule has 1 aliphatic carbocycles. The highest BCUT2D eigenvalue weighted by molar-refractivity contribution is 7.17. The number of nitrogens with zero attached hydrogens (tertiary/aromatic N) is 11. The molecule has 0 atom stereocenters. The number of nitrogens with one attached hydrogen (secondary N) is 4. The summed E-state index contributed by atoms with van der Waals surface area (Å²) < 4.78 is 2.13. The second-order valence-corrected chi connectivity index (χ2v) is 17.2. The van der Waals surface area contributed by atoms with E-state index in [-0.39, 0.29) is 17.9 Å². The van der Waals surface area contributed by atoms with Gasteiger partial charge in [-0.1, -0.05) is 54.8 Å². The van der Waals surface area contributed by atoms with Gasteiger partial charge in [0, 0.05) is 76.6 Å². The van der Waals surface area contributed by atoms with Gasteiger partial charge in [0.15, 0.2) is 5.13 Å². The third-order valence-electron chi connectivity index (χ3n) is 11.4. The van der Waals surface area contributed by atoms with Crippen LogP contribution in [-0.2, 0) is 0 Å². The van der Waals surface area contributed by atoms with Gasteiger partial charge in [-0.15, -0.1) is 0 Å².